The minimum absolute atomic E-state index is 0.0109. The summed E-state index contributed by atoms with van der Waals surface area (Å²) in [6, 6.07) is 4.72. The first-order chi connectivity index (χ1) is 15.3. The Morgan fingerprint density at radius 2 is 1.82 bits per heavy atom. The van der Waals surface area contributed by atoms with E-state index in [1.165, 1.54) is 18.2 Å². The minimum atomic E-state index is -4.60. The van der Waals surface area contributed by atoms with E-state index < -0.39 is 32.1 Å². The maximum Gasteiger partial charge on any atom is 0.419 e. The maximum absolute atomic E-state index is 13.4. The summed E-state index contributed by atoms with van der Waals surface area (Å²) >= 11 is 0. The van der Waals surface area contributed by atoms with Gasteiger partial charge in [0.15, 0.2) is 11.4 Å². The van der Waals surface area contributed by atoms with Crippen molar-refractivity contribution in [2.45, 2.75) is 68.5 Å². The maximum atomic E-state index is 13.4. The number of sulfonamides is 1. The number of halogens is 3. The molecule has 0 amide bonds. The smallest absolute Gasteiger partial charge is 0.419 e. The van der Waals surface area contributed by atoms with Gasteiger partial charge in [0.05, 0.1) is 10.3 Å². The van der Waals surface area contributed by atoms with Gasteiger partial charge in [0.1, 0.15) is 5.75 Å². The van der Waals surface area contributed by atoms with Crippen molar-refractivity contribution in [2.24, 2.45) is 27.9 Å². The Labute approximate surface area is 191 Å². The highest BCUT2D eigenvalue weighted by atomic mass is 32.2. The van der Waals surface area contributed by atoms with Crippen LogP contribution < -0.4 is 15.2 Å². The molecule has 2 unspecified atom stereocenters. The molecule has 7 nitrogen and oxygen atoms in total. The van der Waals surface area contributed by atoms with Crippen molar-refractivity contribution in [3.8, 4) is 11.9 Å². The zero-order valence-electron chi connectivity index (χ0n) is 18.4. The second kappa shape index (κ2) is 7.87. The normalized spacial score (nSPS) is 31.8. The summed E-state index contributed by atoms with van der Waals surface area (Å²) in [6.07, 6.45) is 0.216. The molecule has 11 heteroatoms. The van der Waals surface area contributed by atoms with Gasteiger partial charge in [-0.15, -0.1) is 0 Å². The molecule has 0 aromatic heterocycles. The molecule has 5 rings (SSSR count). The lowest BCUT2D eigenvalue weighted by molar-refractivity contribution is -0.139. The standard InChI is InChI=1S/C22H27F3N4O3S/c1-20(2,32-17-6-4-3-5-16(17)22(23,24)25)19(28-12-26)29-18-14-7-13-8-15(18)11-21(9-13,10-14)33(27,30)31/h3-6,13-15,18H,7-11H2,1-2H3,(H,28,29)(H2,27,30,31). The molecule has 1 aromatic carbocycles. The average molecular weight is 485 g/mol. The molecule has 2 atom stereocenters. The molecule has 33 heavy (non-hydrogen) atoms. The summed E-state index contributed by atoms with van der Waals surface area (Å²) in [6.45, 7) is 3.09. The number of primary sulfonamides is 1. The number of nitrogens with zero attached hydrogens (tertiary/aromatic N) is 2. The van der Waals surface area contributed by atoms with Crippen molar-refractivity contribution in [1.82, 2.24) is 5.32 Å². The summed E-state index contributed by atoms with van der Waals surface area (Å²) in [7, 11) is -3.71. The van der Waals surface area contributed by atoms with Crippen LogP contribution in [0.4, 0.5) is 13.2 Å². The number of aliphatic imine (C=N–C) groups is 1. The fraction of sp³-hybridized carbons (Fsp3) is 0.636. The summed E-state index contributed by atoms with van der Waals surface area (Å²) in [5.74, 6) is 0.0522. The average Bonchev–Trinajstić information content (AvgIpc) is 2.67. The van der Waals surface area contributed by atoms with E-state index >= 15 is 0 Å². The summed E-state index contributed by atoms with van der Waals surface area (Å²) in [4.78, 5) is 3.86. The number of benzene rings is 1. The first kappa shape index (κ1) is 23.8. The van der Waals surface area contributed by atoms with Crippen LogP contribution >= 0.6 is 0 Å². The molecule has 180 valence electrons. The minimum Gasteiger partial charge on any atom is -0.479 e. The van der Waals surface area contributed by atoms with E-state index in [2.05, 4.69) is 10.3 Å². The molecule has 0 aliphatic heterocycles. The predicted octanol–water partition coefficient (Wildman–Crippen LogP) is 3.57. The summed E-state index contributed by atoms with van der Waals surface area (Å²) in [5, 5.41) is 18.1. The molecule has 0 saturated heterocycles. The lowest BCUT2D eigenvalue weighted by Gasteiger charge is -2.59. The Bertz CT molecular complexity index is 1090. The third kappa shape index (κ3) is 4.30. The van der Waals surface area contributed by atoms with Crippen molar-refractivity contribution in [1.29, 1.82) is 5.26 Å². The van der Waals surface area contributed by atoms with Crippen molar-refractivity contribution < 1.29 is 26.3 Å². The molecule has 0 spiro atoms. The number of ether oxygens (including phenoxy) is 1. The number of nitriles is 1. The Hall–Kier alpha value is -2.32. The molecule has 4 saturated carbocycles. The molecule has 4 aliphatic rings. The highest BCUT2D eigenvalue weighted by Gasteiger charge is 2.60. The topological polar surface area (TPSA) is 118 Å². The lowest BCUT2D eigenvalue weighted by atomic mass is 9.53. The van der Waals surface area contributed by atoms with Gasteiger partial charge in [-0.3, -0.25) is 0 Å². The number of amidine groups is 1. The van der Waals surface area contributed by atoms with Gasteiger partial charge in [-0.25, -0.2) is 13.6 Å². The molecule has 3 N–H and O–H groups in total. The van der Waals surface area contributed by atoms with E-state index in [9.17, 15) is 26.9 Å². The van der Waals surface area contributed by atoms with Gasteiger partial charge >= 0.3 is 6.18 Å². The monoisotopic (exact) mass is 484 g/mol. The lowest BCUT2D eigenvalue weighted by Crippen LogP contribution is -2.66. The van der Waals surface area contributed by atoms with Gasteiger partial charge in [-0.05, 0) is 75.8 Å². The highest BCUT2D eigenvalue weighted by Crippen LogP contribution is 2.58. The quantitative estimate of drug-likeness (QED) is 0.376. The Kier molecular flexibility index (Phi) is 5.69. The second-order valence-electron chi connectivity index (χ2n) is 10.0. The number of nitrogens with two attached hydrogens (primary N) is 1. The van der Waals surface area contributed by atoms with E-state index in [1.54, 1.807) is 20.0 Å². The van der Waals surface area contributed by atoms with Gasteiger partial charge in [0, 0.05) is 6.04 Å². The van der Waals surface area contributed by atoms with Crippen molar-refractivity contribution in [3.63, 3.8) is 0 Å². The highest BCUT2D eigenvalue weighted by molar-refractivity contribution is 7.90. The fourth-order valence-corrected chi connectivity index (χ4v) is 7.56. The van der Waals surface area contributed by atoms with Crippen molar-refractivity contribution in [3.05, 3.63) is 29.8 Å². The molecule has 4 bridgehead atoms. The van der Waals surface area contributed by atoms with Crippen molar-refractivity contribution in [2.75, 3.05) is 0 Å². The number of para-hydroxylation sites is 1. The van der Waals surface area contributed by atoms with Gasteiger partial charge in [-0.1, -0.05) is 12.1 Å². The number of hydrogen-bond acceptors (Lipinski definition) is 5. The first-order valence-electron chi connectivity index (χ1n) is 10.9. The molecular weight excluding hydrogens is 457 g/mol. The Morgan fingerprint density at radius 3 is 2.36 bits per heavy atom. The van der Waals surface area contributed by atoms with Crippen LogP contribution in [0.2, 0.25) is 0 Å². The molecule has 1 aromatic rings. The summed E-state index contributed by atoms with van der Waals surface area (Å²) in [5.41, 5.74) is -2.29. The second-order valence-corrected chi connectivity index (χ2v) is 12.0. The van der Waals surface area contributed by atoms with Gasteiger partial charge in [-0.2, -0.15) is 23.4 Å². The molecule has 0 radical (unpaired) electrons. The predicted molar refractivity (Wildman–Crippen MR) is 116 cm³/mol. The van der Waals surface area contributed by atoms with Crippen LogP contribution in [-0.2, 0) is 16.2 Å². The van der Waals surface area contributed by atoms with Crippen LogP contribution in [0.25, 0.3) is 0 Å². The van der Waals surface area contributed by atoms with E-state index in [4.69, 9.17) is 9.88 Å². The van der Waals surface area contributed by atoms with Crippen LogP contribution in [-0.4, -0.2) is 30.6 Å². The van der Waals surface area contributed by atoms with Gasteiger partial charge in [0.2, 0.25) is 16.2 Å². The van der Waals surface area contributed by atoms with Crippen LogP contribution in [0.15, 0.2) is 29.3 Å². The summed E-state index contributed by atoms with van der Waals surface area (Å²) < 4.78 is 69.9. The number of hydrogen-bond donors (Lipinski definition) is 2. The molecule has 4 fully saturated rings. The third-order valence-corrected chi connectivity index (χ3v) is 9.12. The van der Waals surface area contributed by atoms with E-state index in [0.29, 0.717) is 19.3 Å². The van der Waals surface area contributed by atoms with Gasteiger partial charge < -0.3 is 10.1 Å². The van der Waals surface area contributed by atoms with Crippen LogP contribution in [0.3, 0.4) is 0 Å². The molecular formula is C22H27F3N4O3S. The Balaban J connectivity index is 1.59. The zero-order valence-corrected chi connectivity index (χ0v) is 19.2. The SMILES string of the molecule is CC(C)(Oc1ccccc1C(F)(F)F)/C(=N\C#N)NC1C2CC3CC1CC(S(N)(=O)=O)(C3)C2. The van der Waals surface area contributed by atoms with Crippen molar-refractivity contribution >= 4 is 15.9 Å². The number of nitrogens with one attached hydrogen (secondary N) is 1. The van der Waals surface area contributed by atoms with E-state index in [1.807, 2.05) is 0 Å². The molecule has 0 heterocycles. The largest absolute Gasteiger partial charge is 0.479 e. The number of alkyl halides is 3. The Morgan fingerprint density at radius 1 is 1.21 bits per heavy atom. The van der Waals surface area contributed by atoms with Crippen LogP contribution in [0.5, 0.6) is 5.75 Å². The fourth-order valence-electron chi connectivity index (χ4n) is 6.20. The zero-order chi connectivity index (χ0) is 24.2. The first-order valence-corrected chi connectivity index (χ1v) is 12.4. The van der Waals surface area contributed by atoms with Crippen LogP contribution in [0, 0.1) is 29.2 Å². The van der Waals surface area contributed by atoms with E-state index in [0.717, 1.165) is 18.9 Å². The van der Waals surface area contributed by atoms with E-state index in [-0.39, 0.29) is 35.4 Å². The third-order valence-electron chi connectivity index (χ3n) is 7.41. The number of rotatable bonds is 5. The van der Waals surface area contributed by atoms with Crippen LogP contribution in [0.1, 0.15) is 51.5 Å². The molecule has 4 aliphatic carbocycles. The van der Waals surface area contributed by atoms with Gasteiger partial charge in [0.25, 0.3) is 0 Å².